The van der Waals surface area contributed by atoms with Crippen molar-refractivity contribution in [3.8, 4) is 0 Å². The van der Waals surface area contributed by atoms with E-state index in [-0.39, 0.29) is 0 Å². The van der Waals surface area contributed by atoms with Gasteiger partial charge in [-0.15, -0.1) is 0 Å². The highest BCUT2D eigenvalue weighted by atomic mass is 16.3. The number of nitroso groups, excluding NO2 is 2. The molecule has 0 saturated carbocycles. The fourth-order valence-corrected chi connectivity index (χ4v) is 0.783. The Hall–Kier alpha value is -0.880. The van der Waals surface area contributed by atoms with Crippen LogP contribution in [-0.4, -0.2) is 34.5 Å². The molecule has 0 aromatic heterocycles. The third-order valence-electron chi connectivity index (χ3n) is 1.63. The fourth-order valence-electron chi connectivity index (χ4n) is 0.783. The minimum absolute atomic E-state index is 0.942. The Balaban J connectivity index is 4.29. The van der Waals surface area contributed by atoms with E-state index in [0.717, 1.165) is 0 Å². The number of hydrogen-bond acceptors (Lipinski definition) is 6. The van der Waals surface area contributed by atoms with Crippen LogP contribution in [0.4, 0.5) is 0 Å². The molecular formula is C6H12N2O4. The smallest absolute Gasteiger partial charge is 0.145 e. The molecule has 0 aliphatic heterocycles. The second kappa shape index (κ2) is 4.89. The summed E-state index contributed by atoms with van der Waals surface area (Å²) in [6.07, 6.45) is -2.40. The van der Waals surface area contributed by atoms with Crippen molar-refractivity contribution in [2.75, 3.05) is 0 Å². The predicted molar refractivity (Wildman–Crippen MR) is 42.5 cm³/mol. The van der Waals surface area contributed by atoms with Crippen molar-refractivity contribution in [1.82, 2.24) is 0 Å². The molecule has 0 aromatic carbocycles. The van der Waals surface area contributed by atoms with E-state index in [0.29, 0.717) is 0 Å². The molecule has 0 aliphatic rings. The van der Waals surface area contributed by atoms with E-state index in [4.69, 9.17) is 5.11 Å². The first kappa shape index (κ1) is 11.1. The standard InChI is InChI=1S/C6H12N2O4/c1-3(7-11)6(10)5(8-12)4(2)9/h3-6,9-10H,1-2H3. The average Bonchev–Trinajstić information content (AvgIpc) is 2.03. The van der Waals surface area contributed by atoms with Gasteiger partial charge in [0, 0.05) is 0 Å². The molecule has 0 heterocycles. The summed E-state index contributed by atoms with van der Waals surface area (Å²) in [5.41, 5.74) is 0. The summed E-state index contributed by atoms with van der Waals surface area (Å²) in [7, 11) is 0. The number of aliphatic hydroxyl groups excluding tert-OH is 2. The van der Waals surface area contributed by atoms with Crippen molar-refractivity contribution in [3.63, 3.8) is 0 Å². The van der Waals surface area contributed by atoms with Crippen LogP contribution in [-0.2, 0) is 0 Å². The van der Waals surface area contributed by atoms with Crippen molar-refractivity contribution in [2.45, 2.75) is 38.1 Å². The van der Waals surface area contributed by atoms with Crippen LogP contribution in [0.15, 0.2) is 10.4 Å². The molecule has 0 spiro atoms. The zero-order chi connectivity index (χ0) is 9.72. The summed E-state index contributed by atoms with van der Waals surface area (Å²) in [6.45, 7) is 2.66. The molecule has 0 fully saturated rings. The Labute approximate surface area is 69.5 Å². The van der Waals surface area contributed by atoms with Crippen LogP contribution < -0.4 is 0 Å². The van der Waals surface area contributed by atoms with Gasteiger partial charge in [-0.05, 0) is 13.8 Å². The van der Waals surface area contributed by atoms with Crippen molar-refractivity contribution >= 4 is 0 Å². The molecule has 0 bridgehead atoms. The third kappa shape index (κ3) is 2.63. The highest BCUT2D eigenvalue weighted by Gasteiger charge is 2.30. The lowest BCUT2D eigenvalue weighted by Gasteiger charge is -2.19. The zero-order valence-corrected chi connectivity index (χ0v) is 6.91. The van der Waals surface area contributed by atoms with Crippen LogP contribution in [0.5, 0.6) is 0 Å². The summed E-state index contributed by atoms with van der Waals surface area (Å²) in [4.78, 5) is 20.0. The van der Waals surface area contributed by atoms with E-state index in [1.165, 1.54) is 13.8 Å². The average molecular weight is 176 g/mol. The van der Waals surface area contributed by atoms with Crippen LogP contribution >= 0.6 is 0 Å². The lowest BCUT2D eigenvalue weighted by Crippen LogP contribution is -2.39. The van der Waals surface area contributed by atoms with Gasteiger partial charge in [-0.25, -0.2) is 0 Å². The van der Waals surface area contributed by atoms with Crippen LogP contribution in [0.25, 0.3) is 0 Å². The maximum absolute atomic E-state index is 10.1. The maximum Gasteiger partial charge on any atom is 0.145 e. The number of aliphatic hydroxyl groups is 2. The van der Waals surface area contributed by atoms with Gasteiger partial charge in [0.2, 0.25) is 0 Å². The van der Waals surface area contributed by atoms with Gasteiger partial charge in [0.25, 0.3) is 0 Å². The van der Waals surface area contributed by atoms with Crippen LogP contribution in [0, 0.1) is 9.81 Å². The first-order valence-electron chi connectivity index (χ1n) is 3.55. The largest absolute Gasteiger partial charge is 0.391 e. The fraction of sp³-hybridized carbons (Fsp3) is 1.00. The SMILES string of the molecule is CC(O)C(N=O)C(O)C(C)N=O. The topological polar surface area (TPSA) is 99.3 Å². The van der Waals surface area contributed by atoms with E-state index in [1.807, 2.05) is 0 Å². The molecule has 2 N–H and O–H groups in total. The van der Waals surface area contributed by atoms with E-state index in [9.17, 15) is 14.9 Å². The van der Waals surface area contributed by atoms with E-state index >= 15 is 0 Å². The molecule has 12 heavy (non-hydrogen) atoms. The quantitative estimate of drug-likeness (QED) is 0.576. The minimum Gasteiger partial charge on any atom is -0.391 e. The monoisotopic (exact) mass is 176 g/mol. The summed E-state index contributed by atoms with van der Waals surface area (Å²) >= 11 is 0. The highest BCUT2D eigenvalue weighted by Crippen LogP contribution is 2.10. The lowest BCUT2D eigenvalue weighted by atomic mass is 10.0. The summed E-state index contributed by atoms with van der Waals surface area (Å²) < 4.78 is 0. The van der Waals surface area contributed by atoms with E-state index in [2.05, 4.69) is 10.4 Å². The first-order chi connectivity index (χ1) is 5.54. The Morgan fingerprint density at radius 1 is 1.08 bits per heavy atom. The molecule has 0 saturated heterocycles. The molecule has 0 radical (unpaired) electrons. The molecule has 6 heteroatoms. The molecule has 70 valence electrons. The van der Waals surface area contributed by atoms with Gasteiger partial charge < -0.3 is 10.2 Å². The molecule has 6 nitrogen and oxygen atoms in total. The molecule has 0 rings (SSSR count). The molecule has 4 atom stereocenters. The Kier molecular flexibility index (Phi) is 4.53. The second-order valence-corrected chi connectivity index (χ2v) is 2.67. The molecule has 0 amide bonds. The predicted octanol–water partition coefficient (Wildman–Crippen LogP) is 0.0180. The van der Waals surface area contributed by atoms with Crippen molar-refractivity contribution < 1.29 is 10.2 Å². The maximum atomic E-state index is 10.1. The summed E-state index contributed by atoms with van der Waals surface area (Å²) in [5, 5.41) is 23.2. The van der Waals surface area contributed by atoms with Gasteiger partial charge in [0.15, 0.2) is 0 Å². The number of rotatable bonds is 5. The van der Waals surface area contributed by atoms with Gasteiger partial charge in [-0.1, -0.05) is 10.4 Å². The lowest BCUT2D eigenvalue weighted by molar-refractivity contribution is 0.0538. The molecule has 0 aromatic rings. The van der Waals surface area contributed by atoms with E-state index in [1.54, 1.807) is 0 Å². The van der Waals surface area contributed by atoms with Gasteiger partial charge >= 0.3 is 0 Å². The third-order valence-corrected chi connectivity index (χ3v) is 1.63. The summed E-state index contributed by atoms with van der Waals surface area (Å²) in [6, 6.07) is -2.14. The Bertz CT molecular complexity index is 162. The van der Waals surface area contributed by atoms with E-state index < -0.39 is 24.3 Å². The molecule has 4 unspecified atom stereocenters. The van der Waals surface area contributed by atoms with Gasteiger partial charge in [0.1, 0.15) is 18.2 Å². The first-order valence-corrected chi connectivity index (χ1v) is 3.55. The van der Waals surface area contributed by atoms with Gasteiger partial charge in [-0.2, -0.15) is 9.81 Å². The van der Waals surface area contributed by atoms with Crippen LogP contribution in [0.1, 0.15) is 13.8 Å². The number of nitrogens with zero attached hydrogens (tertiary/aromatic N) is 2. The van der Waals surface area contributed by atoms with Crippen molar-refractivity contribution in [2.24, 2.45) is 10.4 Å². The van der Waals surface area contributed by atoms with Crippen molar-refractivity contribution in [3.05, 3.63) is 9.81 Å². The normalized spacial score (nSPS) is 20.7. The zero-order valence-electron chi connectivity index (χ0n) is 6.91. The minimum atomic E-state index is -1.32. The van der Waals surface area contributed by atoms with Gasteiger partial charge in [0.05, 0.1) is 6.10 Å². The molecule has 0 aliphatic carbocycles. The van der Waals surface area contributed by atoms with Crippen molar-refractivity contribution in [1.29, 1.82) is 0 Å². The Morgan fingerprint density at radius 2 is 1.58 bits per heavy atom. The second-order valence-electron chi connectivity index (χ2n) is 2.67. The Morgan fingerprint density at radius 3 is 1.83 bits per heavy atom. The van der Waals surface area contributed by atoms with Crippen LogP contribution in [0.3, 0.4) is 0 Å². The molecular weight excluding hydrogens is 164 g/mol. The van der Waals surface area contributed by atoms with Crippen LogP contribution in [0.2, 0.25) is 0 Å². The number of hydrogen-bond donors (Lipinski definition) is 2. The highest BCUT2D eigenvalue weighted by molar-refractivity contribution is 4.86. The summed E-state index contributed by atoms with van der Waals surface area (Å²) in [5.74, 6) is 0. The van der Waals surface area contributed by atoms with Gasteiger partial charge in [-0.3, -0.25) is 0 Å².